The Morgan fingerprint density at radius 3 is 2.36 bits per heavy atom. The van der Waals surface area contributed by atoms with Crippen molar-refractivity contribution in [3.8, 4) is 5.75 Å². The highest BCUT2D eigenvalue weighted by Crippen LogP contribution is 2.43. The van der Waals surface area contributed by atoms with Crippen molar-refractivity contribution in [1.29, 1.82) is 0 Å². The Labute approximate surface area is 216 Å². The molecule has 2 aromatic carbocycles. The number of methoxy groups -OCH3 is 1. The maximum absolute atomic E-state index is 13.7. The topological polar surface area (TPSA) is 71.4 Å². The molecule has 8 heteroatoms. The number of carbonyl (C=O) groups is 2. The molecule has 36 heavy (non-hydrogen) atoms. The normalized spacial score (nSPS) is 19.2. The Hall–Kier alpha value is -3.65. The molecular formula is C28H31N3O4S. The molecule has 0 aliphatic carbocycles. The Balaban J connectivity index is 1.96. The Morgan fingerprint density at radius 2 is 1.75 bits per heavy atom. The number of hydrogen-bond donors (Lipinski definition) is 0. The van der Waals surface area contributed by atoms with Gasteiger partial charge in [0.25, 0.3) is 5.91 Å². The number of aliphatic imine (C=N–C) groups is 1. The van der Waals surface area contributed by atoms with Crippen LogP contribution in [0.5, 0.6) is 5.75 Å². The van der Waals surface area contributed by atoms with Gasteiger partial charge in [0.05, 0.1) is 7.11 Å². The number of nitrogens with zero attached hydrogens (tertiary/aromatic N) is 3. The second-order valence-electron chi connectivity index (χ2n) is 9.79. The summed E-state index contributed by atoms with van der Waals surface area (Å²) in [5.41, 5.74) is 0.842. The lowest BCUT2D eigenvalue weighted by Gasteiger charge is -2.42. The largest absolute Gasteiger partial charge is 0.497 e. The van der Waals surface area contributed by atoms with E-state index < -0.39 is 17.2 Å². The average molecular weight is 506 g/mol. The summed E-state index contributed by atoms with van der Waals surface area (Å²) < 4.78 is 10.9. The first-order chi connectivity index (χ1) is 17.0. The van der Waals surface area contributed by atoms with Gasteiger partial charge in [-0.1, -0.05) is 36.4 Å². The SMILES string of the molecule is COc1ccc(CN2/C(=N/C(=O)OC(C)(C)C)N(C)C(=O)c3ccccc3C2(C)c2cccs2)cc1. The number of carbonyl (C=O) groups excluding carboxylic acids is 2. The molecule has 188 valence electrons. The van der Waals surface area contributed by atoms with E-state index in [1.54, 1.807) is 46.3 Å². The van der Waals surface area contributed by atoms with Crippen LogP contribution in [0.15, 0.2) is 71.0 Å². The molecule has 0 saturated heterocycles. The van der Waals surface area contributed by atoms with E-state index in [0.717, 1.165) is 21.8 Å². The number of fused-ring (bicyclic) bond motifs is 1. The summed E-state index contributed by atoms with van der Waals surface area (Å²) in [6.45, 7) is 7.81. The smallest absolute Gasteiger partial charge is 0.437 e. The number of rotatable bonds is 4. The summed E-state index contributed by atoms with van der Waals surface area (Å²) in [5.74, 6) is 0.723. The monoisotopic (exact) mass is 505 g/mol. The zero-order valence-corrected chi connectivity index (χ0v) is 22.3. The molecule has 0 radical (unpaired) electrons. The van der Waals surface area contributed by atoms with Crippen LogP contribution in [-0.2, 0) is 16.8 Å². The lowest BCUT2D eigenvalue weighted by Crippen LogP contribution is -2.51. The van der Waals surface area contributed by atoms with E-state index in [0.29, 0.717) is 12.1 Å². The lowest BCUT2D eigenvalue weighted by atomic mass is 9.85. The van der Waals surface area contributed by atoms with E-state index in [9.17, 15) is 9.59 Å². The van der Waals surface area contributed by atoms with Gasteiger partial charge in [0.2, 0.25) is 5.96 Å². The van der Waals surface area contributed by atoms with E-state index in [-0.39, 0.29) is 11.9 Å². The highest BCUT2D eigenvalue weighted by molar-refractivity contribution is 7.10. The van der Waals surface area contributed by atoms with Gasteiger partial charge in [0.1, 0.15) is 16.9 Å². The van der Waals surface area contributed by atoms with Gasteiger partial charge in [-0.05, 0) is 68.5 Å². The third-order valence-corrected chi connectivity index (χ3v) is 7.23. The van der Waals surface area contributed by atoms with E-state index in [1.807, 2.05) is 70.9 Å². The molecule has 4 rings (SSSR count). The van der Waals surface area contributed by atoms with E-state index in [2.05, 4.69) is 11.9 Å². The molecule has 1 aromatic heterocycles. The Kier molecular flexibility index (Phi) is 6.91. The van der Waals surface area contributed by atoms with Crippen molar-refractivity contribution in [2.24, 2.45) is 4.99 Å². The molecule has 0 spiro atoms. The van der Waals surface area contributed by atoms with Gasteiger partial charge in [0.15, 0.2) is 0 Å². The zero-order chi connectivity index (χ0) is 26.1. The molecule has 0 N–H and O–H groups in total. The molecule has 2 heterocycles. The lowest BCUT2D eigenvalue weighted by molar-refractivity contribution is 0.0595. The van der Waals surface area contributed by atoms with Crippen LogP contribution >= 0.6 is 11.3 Å². The first-order valence-electron chi connectivity index (χ1n) is 11.7. The molecular weight excluding hydrogens is 474 g/mol. The quantitative estimate of drug-likeness (QED) is 0.442. The van der Waals surface area contributed by atoms with Crippen molar-refractivity contribution < 1.29 is 19.1 Å². The van der Waals surface area contributed by atoms with Crippen LogP contribution in [0, 0.1) is 0 Å². The van der Waals surface area contributed by atoms with Crippen LogP contribution in [0.3, 0.4) is 0 Å². The van der Waals surface area contributed by atoms with Gasteiger partial charge in [-0.15, -0.1) is 16.3 Å². The number of amides is 2. The average Bonchev–Trinajstić information content (AvgIpc) is 3.38. The summed E-state index contributed by atoms with van der Waals surface area (Å²) in [4.78, 5) is 35.5. The number of guanidine groups is 1. The van der Waals surface area contributed by atoms with Gasteiger partial charge in [0, 0.05) is 24.0 Å². The molecule has 2 amide bonds. The van der Waals surface area contributed by atoms with Crippen LogP contribution in [0.25, 0.3) is 0 Å². The minimum absolute atomic E-state index is 0.220. The van der Waals surface area contributed by atoms with Crippen molar-refractivity contribution >= 4 is 29.3 Å². The first kappa shape index (κ1) is 25.4. The molecule has 0 fully saturated rings. The summed E-state index contributed by atoms with van der Waals surface area (Å²) in [6, 6.07) is 19.3. The Bertz CT molecular complexity index is 1280. The van der Waals surface area contributed by atoms with Crippen LogP contribution in [0.2, 0.25) is 0 Å². The van der Waals surface area contributed by atoms with Gasteiger partial charge in [-0.2, -0.15) is 0 Å². The molecule has 1 atom stereocenters. The molecule has 1 unspecified atom stereocenters. The number of ether oxygens (including phenoxy) is 2. The standard InChI is InChI=1S/C28H31N3O4S/c1-27(2,3)35-26(33)29-25-30(5)24(32)21-10-7-8-11-22(21)28(4,23-12-9-17-36-23)31(25)18-19-13-15-20(34-6)16-14-19/h7-17H,18H2,1-6H3/b29-25+. The minimum Gasteiger partial charge on any atom is -0.497 e. The third-order valence-electron chi connectivity index (χ3n) is 6.15. The molecule has 0 saturated carbocycles. The Morgan fingerprint density at radius 1 is 1.06 bits per heavy atom. The summed E-state index contributed by atoms with van der Waals surface area (Å²) in [5, 5.41) is 2.01. The summed E-state index contributed by atoms with van der Waals surface area (Å²) in [7, 11) is 3.27. The van der Waals surface area contributed by atoms with Crippen molar-refractivity contribution in [2.75, 3.05) is 14.2 Å². The highest BCUT2D eigenvalue weighted by Gasteiger charge is 2.46. The minimum atomic E-state index is -0.800. The van der Waals surface area contributed by atoms with Gasteiger partial charge >= 0.3 is 6.09 Å². The maximum atomic E-state index is 13.7. The molecule has 7 nitrogen and oxygen atoms in total. The summed E-state index contributed by atoms with van der Waals surface area (Å²) in [6.07, 6.45) is -0.753. The fourth-order valence-corrected chi connectivity index (χ4v) is 5.27. The van der Waals surface area contributed by atoms with Crippen molar-refractivity contribution in [2.45, 2.75) is 45.4 Å². The summed E-state index contributed by atoms with van der Waals surface area (Å²) >= 11 is 1.59. The predicted molar refractivity (Wildman–Crippen MR) is 142 cm³/mol. The molecule has 0 bridgehead atoms. The van der Waals surface area contributed by atoms with Crippen LogP contribution < -0.4 is 4.74 Å². The predicted octanol–water partition coefficient (Wildman–Crippen LogP) is 5.90. The van der Waals surface area contributed by atoms with E-state index >= 15 is 0 Å². The van der Waals surface area contributed by atoms with Crippen LogP contribution in [0.1, 0.15) is 54.1 Å². The van der Waals surface area contributed by atoms with Crippen molar-refractivity contribution in [3.63, 3.8) is 0 Å². The number of thiophene rings is 1. The first-order valence-corrected chi connectivity index (χ1v) is 12.6. The molecule has 1 aliphatic heterocycles. The van der Waals surface area contributed by atoms with Crippen molar-refractivity contribution in [3.05, 3.63) is 87.6 Å². The second-order valence-corrected chi connectivity index (χ2v) is 10.7. The van der Waals surface area contributed by atoms with Crippen molar-refractivity contribution in [1.82, 2.24) is 9.80 Å². The van der Waals surface area contributed by atoms with Crippen LogP contribution in [0.4, 0.5) is 4.79 Å². The fourth-order valence-electron chi connectivity index (χ4n) is 4.36. The number of benzene rings is 2. The highest BCUT2D eigenvalue weighted by atomic mass is 32.1. The second kappa shape index (κ2) is 9.78. The third kappa shape index (κ3) is 4.86. The molecule has 3 aromatic rings. The maximum Gasteiger partial charge on any atom is 0.437 e. The number of hydrogen-bond acceptors (Lipinski definition) is 5. The van der Waals surface area contributed by atoms with Gasteiger partial charge in [-0.25, -0.2) is 4.79 Å². The van der Waals surface area contributed by atoms with Gasteiger partial charge < -0.3 is 14.4 Å². The van der Waals surface area contributed by atoms with Crippen LogP contribution in [-0.4, -0.2) is 47.5 Å². The van der Waals surface area contributed by atoms with E-state index in [4.69, 9.17) is 9.47 Å². The zero-order valence-electron chi connectivity index (χ0n) is 21.4. The van der Waals surface area contributed by atoms with E-state index in [1.165, 1.54) is 4.90 Å². The van der Waals surface area contributed by atoms with Gasteiger partial charge in [-0.3, -0.25) is 9.69 Å². The molecule has 1 aliphatic rings. The fraction of sp³-hybridized carbons (Fsp3) is 0.321.